The molecular formula is C27H31FN2O8. The lowest BCUT2D eigenvalue weighted by molar-refractivity contribution is -0.141. The normalized spacial score (nSPS) is 12.3. The average Bonchev–Trinajstić information content (AvgIpc) is 2.85. The number of carbonyl (C=O) groups is 5. The van der Waals surface area contributed by atoms with Crippen molar-refractivity contribution in [3.63, 3.8) is 0 Å². The van der Waals surface area contributed by atoms with E-state index in [1.165, 1.54) is 38.3 Å². The van der Waals surface area contributed by atoms with Crippen molar-refractivity contribution in [3.05, 3.63) is 59.4 Å². The first-order valence-electron chi connectivity index (χ1n) is 11.8. The number of carboxylic acids is 1. The van der Waals surface area contributed by atoms with Crippen molar-refractivity contribution in [2.75, 3.05) is 13.7 Å². The number of carboxylic acid groups (broad SMARTS) is 1. The Morgan fingerprint density at radius 1 is 1.00 bits per heavy atom. The van der Waals surface area contributed by atoms with E-state index in [0.29, 0.717) is 16.9 Å². The number of halogens is 1. The van der Waals surface area contributed by atoms with Crippen LogP contribution in [0.15, 0.2) is 42.5 Å². The summed E-state index contributed by atoms with van der Waals surface area (Å²) >= 11 is 0. The Kier molecular flexibility index (Phi) is 10.9. The summed E-state index contributed by atoms with van der Waals surface area (Å²) in [6.45, 7) is 4.04. The lowest BCUT2D eigenvalue weighted by Gasteiger charge is -2.25. The summed E-state index contributed by atoms with van der Waals surface area (Å²) in [5.74, 6) is -4.60. The fourth-order valence-corrected chi connectivity index (χ4v) is 3.56. The van der Waals surface area contributed by atoms with Gasteiger partial charge in [-0.25, -0.2) is 4.39 Å². The molecule has 204 valence electrons. The van der Waals surface area contributed by atoms with Gasteiger partial charge in [-0.2, -0.15) is 0 Å². The van der Waals surface area contributed by atoms with Crippen LogP contribution in [0, 0.1) is 11.7 Å². The number of hydrogen-bond acceptors (Lipinski definition) is 7. The van der Waals surface area contributed by atoms with E-state index in [9.17, 15) is 33.5 Å². The highest BCUT2D eigenvalue weighted by Gasteiger charge is 2.30. The zero-order chi connectivity index (χ0) is 28.4. The molecule has 2 amide bonds. The van der Waals surface area contributed by atoms with Gasteiger partial charge in [0.05, 0.1) is 20.0 Å². The van der Waals surface area contributed by atoms with Gasteiger partial charge in [0.25, 0.3) is 0 Å². The topological polar surface area (TPSA) is 148 Å². The van der Waals surface area contributed by atoms with E-state index in [-0.39, 0.29) is 18.0 Å². The molecule has 3 N–H and O–H groups in total. The fourth-order valence-electron chi connectivity index (χ4n) is 3.56. The molecule has 0 radical (unpaired) electrons. The van der Waals surface area contributed by atoms with Crippen molar-refractivity contribution in [2.24, 2.45) is 5.92 Å². The number of para-hydroxylation sites is 1. The van der Waals surface area contributed by atoms with Crippen LogP contribution < -0.4 is 20.1 Å². The molecule has 2 aromatic rings. The molecule has 2 atom stereocenters. The van der Waals surface area contributed by atoms with Crippen molar-refractivity contribution in [2.45, 2.75) is 45.7 Å². The summed E-state index contributed by atoms with van der Waals surface area (Å²) in [6.07, 6.45) is -0.937. The first-order chi connectivity index (χ1) is 17.9. The van der Waals surface area contributed by atoms with Crippen LogP contribution in [-0.2, 0) is 25.6 Å². The number of ether oxygens (including phenoxy) is 2. The van der Waals surface area contributed by atoms with Crippen LogP contribution in [0.5, 0.6) is 11.5 Å². The van der Waals surface area contributed by atoms with Gasteiger partial charge in [-0.15, -0.1) is 0 Å². The van der Waals surface area contributed by atoms with Crippen LogP contribution in [0.2, 0.25) is 0 Å². The summed E-state index contributed by atoms with van der Waals surface area (Å²) in [6, 6.07) is 7.47. The van der Waals surface area contributed by atoms with Gasteiger partial charge in [-0.1, -0.05) is 26.0 Å². The van der Waals surface area contributed by atoms with Gasteiger partial charge in [0, 0.05) is 11.1 Å². The molecule has 0 saturated carbocycles. The standard InChI is InChI=1S/C27H31FN2O8/c1-15(2)26(30-24(33)12-18-11-17(16(3)31)9-10-22(18)37-4)27(36)29-20(13-25(34)35)21(32)14-38-23-8-6-5-7-19(23)28/h5-11,15,20,26H,12-14H2,1-4H3,(H,29,36)(H,30,33)(H,34,35)/t20?,26-/m0/s1. The van der Waals surface area contributed by atoms with E-state index in [4.69, 9.17) is 9.47 Å². The van der Waals surface area contributed by atoms with Crippen molar-refractivity contribution in [1.29, 1.82) is 0 Å². The van der Waals surface area contributed by atoms with Crippen LogP contribution in [0.4, 0.5) is 4.39 Å². The van der Waals surface area contributed by atoms with Crippen molar-refractivity contribution < 1.29 is 42.9 Å². The van der Waals surface area contributed by atoms with Crippen LogP contribution in [-0.4, -0.2) is 60.3 Å². The summed E-state index contributed by atoms with van der Waals surface area (Å²) in [4.78, 5) is 61.6. The minimum atomic E-state index is -1.47. The van der Waals surface area contributed by atoms with Gasteiger partial charge in [0.1, 0.15) is 24.4 Å². The molecule has 1 unspecified atom stereocenters. The molecule has 0 aromatic heterocycles. The van der Waals surface area contributed by atoms with Crippen LogP contribution >= 0.6 is 0 Å². The molecule has 0 spiro atoms. The van der Waals surface area contributed by atoms with E-state index in [0.717, 1.165) is 6.07 Å². The lowest BCUT2D eigenvalue weighted by Crippen LogP contribution is -2.54. The quantitative estimate of drug-likeness (QED) is 0.315. The zero-order valence-electron chi connectivity index (χ0n) is 21.6. The first kappa shape index (κ1) is 29.9. The highest BCUT2D eigenvalue weighted by molar-refractivity contribution is 5.96. The van der Waals surface area contributed by atoms with Crippen molar-refractivity contribution >= 4 is 29.4 Å². The SMILES string of the molecule is COc1ccc(C(C)=O)cc1CC(=O)N[C@H](C(=O)NC(CC(=O)O)C(=O)COc1ccccc1F)C(C)C. The maximum atomic E-state index is 13.8. The number of methoxy groups -OCH3 is 1. The third-order valence-corrected chi connectivity index (χ3v) is 5.59. The van der Waals surface area contributed by atoms with E-state index < -0.39 is 60.4 Å². The summed E-state index contributed by atoms with van der Waals surface area (Å²) in [7, 11) is 1.42. The molecule has 0 heterocycles. The maximum absolute atomic E-state index is 13.8. The number of aliphatic carboxylic acids is 1. The number of ketones is 2. The average molecular weight is 531 g/mol. The van der Waals surface area contributed by atoms with E-state index >= 15 is 0 Å². The number of benzene rings is 2. The molecule has 10 nitrogen and oxygen atoms in total. The van der Waals surface area contributed by atoms with Gasteiger partial charge in [-0.05, 0) is 43.2 Å². The monoisotopic (exact) mass is 530 g/mol. The molecule has 2 aromatic carbocycles. The molecule has 0 fully saturated rings. The zero-order valence-corrected chi connectivity index (χ0v) is 21.6. The molecule has 2 rings (SSSR count). The maximum Gasteiger partial charge on any atom is 0.305 e. The summed E-state index contributed by atoms with van der Waals surface area (Å²) in [5.41, 5.74) is 0.823. The van der Waals surface area contributed by atoms with Gasteiger partial charge in [-0.3, -0.25) is 24.0 Å². The molecule has 0 aliphatic rings. The second kappa shape index (κ2) is 13.9. The molecule has 0 saturated heterocycles. The number of amides is 2. The smallest absolute Gasteiger partial charge is 0.305 e. The Morgan fingerprint density at radius 2 is 1.68 bits per heavy atom. The molecular weight excluding hydrogens is 499 g/mol. The van der Waals surface area contributed by atoms with Gasteiger partial charge >= 0.3 is 5.97 Å². The highest BCUT2D eigenvalue weighted by atomic mass is 19.1. The van der Waals surface area contributed by atoms with E-state index in [2.05, 4.69) is 10.6 Å². The summed E-state index contributed by atoms with van der Waals surface area (Å²) < 4.78 is 24.2. The third kappa shape index (κ3) is 8.68. The van der Waals surface area contributed by atoms with Gasteiger partial charge in [0.2, 0.25) is 11.8 Å². The molecule has 11 heteroatoms. The van der Waals surface area contributed by atoms with Crippen molar-refractivity contribution in [3.8, 4) is 11.5 Å². The molecule has 38 heavy (non-hydrogen) atoms. The number of carbonyl (C=O) groups excluding carboxylic acids is 4. The summed E-state index contributed by atoms with van der Waals surface area (Å²) in [5, 5.41) is 14.2. The predicted molar refractivity (Wildman–Crippen MR) is 135 cm³/mol. The van der Waals surface area contributed by atoms with Gasteiger partial charge < -0.3 is 25.2 Å². The molecule has 0 aliphatic heterocycles. The highest BCUT2D eigenvalue weighted by Crippen LogP contribution is 2.21. The van der Waals surface area contributed by atoms with Crippen LogP contribution in [0.3, 0.4) is 0 Å². The first-order valence-corrected chi connectivity index (χ1v) is 11.8. The van der Waals surface area contributed by atoms with E-state index in [1.54, 1.807) is 26.0 Å². The molecule has 0 bridgehead atoms. The Bertz CT molecular complexity index is 1200. The van der Waals surface area contributed by atoms with E-state index in [1.807, 2.05) is 0 Å². The minimum absolute atomic E-state index is 0.193. The predicted octanol–water partition coefficient (Wildman–Crippen LogP) is 2.33. The van der Waals surface area contributed by atoms with Crippen LogP contribution in [0.1, 0.15) is 43.1 Å². The Hall–Kier alpha value is -4.28. The van der Waals surface area contributed by atoms with Crippen molar-refractivity contribution in [1.82, 2.24) is 10.6 Å². The molecule has 0 aliphatic carbocycles. The van der Waals surface area contributed by atoms with Gasteiger partial charge in [0.15, 0.2) is 23.1 Å². The Balaban J connectivity index is 2.12. The third-order valence-electron chi connectivity index (χ3n) is 5.59. The fraction of sp³-hybridized carbons (Fsp3) is 0.370. The number of rotatable bonds is 14. The second-order valence-corrected chi connectivity index (χ2v) is 8.89. The number of Topliss-reactive ketones (excluding diaryl/α,β-unsaturated/α-hetero) is 2. The second-order valence-electron chi connectivity index (χ2n) is 8.89. The number of hydrogen-bond donors (Lipinski definition) is 3. The van der Waals surface area contributed by atoms with Crippen LogP contribution in [0.25, 0.3) is 0 Å². The Labute approximate surface area is 219 Å². The Morgan fingerprint density at radius 3 is 2.26 bits per heavy atom. The number of nitrogens with one attached hydrogen (secondary N) is 2. The lowest BCUT2D eigenvalue weighted by atomic mass is 10.0. The minimum Gasteiger partial charge on any atom is -0.496 e. The largest absolute Gasteiger partial charge is 0.496 e.